The highest BCUT2D eigenvalue weighted by Crippen LogP contribution is 2.76. The van der Waals surface area contributed by atoms with E-state index in [1.807, 2.05) is 13.8 Å². The molecule has 1 aromatic rings. The van der Waals surface area contributed by atoms with Gasteiger partial charge < -0.3 is 154 Å². The molecule has 0 spiro atoms. The molecule has 12 rings (SSSR count). The zero-order valence-corrected chi connectivity index (χ0v) is 61.8. The van der Waals surface area contributed by atoms with Crippen LogP contribution in [-0.4, -0.2) is 316 Å². The van der Waals surface area contributed by atoms with Crippen LogP contribution < -0.4 is 11.1 Å². The highest BCUT2D eigenvalue weighted by molar-refractivity contribution is 5.95. The minimum Gasteiger partial charge on any atom is -0.458 e. The Labute approximate surface area is 619 Å². The number of rotatable bonds is 17. The van der Waals surface area contributed by atoms with Crippen molar-refractivity contribution in [2.45, 2.75) is 311 Å². The van der Waals surface area contributed by atoms with Crippen molar-refractivity contribution in [3.05, 3.63) is 41.5 Å². The monoisotopic (exact) mass is 1530 g/mol. The van der Waals surface area contributed by atoms with Crippen molar-refractivity contribution in [3.8, 4) is 0 Å². The first kappa shape index (κ1) is 82.5. The van der Waals surface area contributed by atoms with E-state index >= 15 is 4.79 Å². The number of allylic oxidation sites excluding steroid dienone is 2. The van der Waals surface area contributed by atoms with Gasteiger partial charge in [-0.3, -0.25) is 9.59 Å². The maximum Gasteiger partial charge on any atom is 0.340 e. The van der Waals surface area contributed by atoms with E-state index in [0.717, 1.165) is 5.57 Å². The van der Waals surface area contributed by atoms with E-state index in [1.54, 1.807) is 12.1 Å². The molecule has 34 nitrogen and oxygen atoms in total. The molecule has 0 radical (unpaired) electrons. The molecule has 5 aliphatic carbocycles. The first-order valence-electron chi connectivity index (χ1n) is 37.3. The third kappa shape index (κ3) is 14.6. The number of anilines is 1. The lowest BCUT2D eigenvalue weighted by atomic mass is 9.33. The summed E-state index contributed by atoms with van der Waals surface area (Å²) in [5.74, 6) is -3.47. The first-order valence-corrected chi connectivity index (χ1v) is 37.3. The predicted molar refractivity (Wildman–Crippen MR) is 362 cm³/mol. The van der Waals surface area contributed by atoms with Crippen LogP contribution in [0, 0.1) is 50.2 Å². The summed E-state index contributed by atoms with van der Waals surface area (Å²) in [5, 5.41) is 181. The fourth-order valence-corrected chi connectivity index (χ4v) is 20.3. The molecule has 6 heterocycles. The van der Waals surface area contributed by atoms with Crippen LogP contribution in [0.1, 0.15) is 131 Å². The van der Waals surface area contributed by atoms with Gasteiger partial charge in [-0.2, -0.15) is 0 Å². The van der Waals surface area contributed by atoms with Gasteiger partial charge in [-0.1, -0.05) is 72.2 Å². The van der Waals surface area contributed by atoms with Gasteiger partial charge in [0, 0.05) is 24.4 Å². The molecular formula is C73H112N2O32. The molecular weight excluding hydrogens is 1420 g/mol. The van der Waals surface area contributed by atoms with Crippen molar-refractivity contribution in [2.75, 3.05) is 32.2 Å². The van der Waals surface area contributed by atoms with Gasteiger partial charge in [0.2, 0.25) is 12.2 Å². The Kier molecular flexibility index (Phi) is 24.0. The van der Waals surface area contributed by atoms with Gasteiger partial charge >= 0.3 is 11.9 Å². The Hall–Kier alpha value is -3.91. The number of benzene rings is 1. The third-order valence-electron chi connectivity index (χ3n) is 26.8. The van der Waals surface area contributed by atoms with E-state index < -0.39 is 273 Å². The Bertz CT molecular complexity index is 3340. The Morgan fingerprint density at radius 1 is 0.561 bits per heavy atom. The van der Waals surface area contributed by atoms with Crippen LogP contribution in [0.25, 0.3) is 0 Å². The number of nitrogens with two attached hydrogens (primary N) is 1. The van der Waals surface area contributed by atoms with Gasteiger partial charge in [0.05, 0.1) is 56.4 Å². The molecule has 6 saturated heterocycles. The van der Waals surface area contributed by atoms with Gasteiger partial charge in [0.15, 0.2) is 37.6 Å². The number of nitrogen functional groups attached to an aromatic ring is 1. The number of hydrogen-bond acceptors (Lipinski definition) is 33. The lowest BCUT2D eigenvalue weighted by molar-refractivity contribution is -0.375. The normalized spacial score (nSPS) is 50.3. The van der Waals surface area contributed by atoms with Gasteiger partial charge in [0.1, 0.15) is 127 Å². The van der Waals surface area contributed by atoms with E-state index in [2.05, 4.69) is 46.0 Å². The molecule has 19 N–H and O–H groups in total. The Morgan fingerprint density at radius 2 is 1.13 bits per heavy atom. The second-order valence-electron chi connectivity index (χ2n) is 33.8. The van der Waals surface area contributed by atoms with Crippen LogP contribution in [0.2, 0.25) is 0 Å². The van der Waals surface area contributed by atoms with Crippen molar-refractivity contribution in [2.24, 2.45) is 50.2 Å². The van der Waals surface area contributed by atoms with Crippen LogP contribution in [0.4, 0.5) is 5.69 Å². The SMILES string of the molecule is CC(=O)N[C@H]1[C@H](O[C@H]2CC[C@]3(C)[C@H]4CC=C5[C@@H]6CC(C)(C)[C@@H](OC(=O)c7ccccc7N)C[C@]6(C(=O)O[C@@H]6O[C@H](CO)[C@@H](O)[C@H](O)[C@H]6O[C@@H]6O[C@@H](C)[C@H](O[C@@H]7OC[C@@H](O)[C@H](O)[C@H]7O)[C@@H](O)[C@H]6O)[C@H](O)C[C@@]5(C)[C@]4(C)CC[C@H]3C2(C)C)O[C@H](CO[C@@H]2O[C@H](C)[C@H](O)[C@H](O)[C@H]2O[C@@H]2OC[C@@H](O)[C@H](O)[C@H]2O)[C@@H](O)[C@@H]1O. The predicted octanol–water partition coefficient (Wildman–Crippen LogP) is -3.52. The van der Waals surface area contributed by atoms with Crippen molar-refractivity contribution < 1.29 is 158 Å². The largest absolute Gasteiger partial charge is 0.458 e. The zero-order chi connectivity index (χ0) is 78.0. The highest BCUT2D eigenvalue weighted by atomic mass is 16.8. The second-order valence-corrected chi connectivity index (χ2v) is 33.8. The summed E-state index contributed by atoms with van der Waals surface area (Å²) in [6.45, 7) is 16.4. The number of ether oxygens (including phenoxy) is 13. The fourth-order valence-electron chi connectivity index (χ4n) is 20.3. The molecule has 606 valence electrons. The summed E-state index contributed by atoms with van der Waals surface area (Å²) in [6, 6.07) is 5.00. The van der Waals surface area contributed by atoms with E-state index in [4.69, 9.17) is 67.3 Å². The molecule has 0 bridgehead atoms. The molecule has 1 aromatic carbocycles. The lowest BCUT2D eigenvalue weighted by Crippen LogP contribution is -2.70. The number of aliphatic hydroxyl groups is 16. The molecule has 4 saturated carbocycles. The van der Waals surface area contributed by atoms with Crippen molar-refractivity contribution >= 4 is 23.5 Å². The summed E-state index contributed by atoms with van der Waals surface area (Å²) >= 11 is 0. The second kappa shape index (κ2) is 31.1. The van der Waals surface area contributed by atoms with Gasteiger partial charge in [-0.05, 0) is 110 Å². The summed E-state index contributed by atoms with van der Waals surface area (Å²) in [7, 11) is 0. The maximum atomic E-state index is 16.2. The Balaban J connectivity index is 0.809. The number of carbonyl (C=O) groups excluding carboxylic acids is 3. The molecule has 1 amide bonds. The molecule has 6 aliphatic heterocycles. The van der Waals surface area contributed by atoms with Crippen LogP contribution >= 0.6 is 0 Å². The van der Waals surface area contributed by atoms with Crippen molar-refractivity contribution in [1.29, 1.82) is 0 Å². The lowest BCUT2D eigenvalue weighted by Gasteiger charge is -2.72. The van der Waals surface area contributed by atoms with Gasteiger partial charge in [0.25, 0.3) is 0 Å². The minimum atomic E-state index is -2.06. The van der Waals surface area contributed by atoms with E-state index in [-0.39, 0.29) is 42.3 Å². The topological polar surface area (TPSA) is 533 Å². The van der Waals surface area contributed by atoms with Crippen molar-refractivity contribution in [3.63, 3.8) is 0 Å². The van der Waals surface area contributed by atoms with E-state index in [0.29, 0.717) is 32.1 Å². The fraction of sp³-hybridized carbons (Fsp3) is 0.849. The molecule has 10 fully saturated rings. The molecule has 34 heteroatoms. The zero-order valence-electron chi connectivity index (χ0n) is 61.8. The maximum absolute atomic E-state index is 16.2. The number of esters is 2. The highest BCUT2D eigenvalue weighted by Gasteiger charge is 2.74. The average molecular weight is 1530 g/mol. The molecule has 38 atom stereocenters. The molecule has 0 unspecified atom stereocenters. The third-order valence-corrected chi connectivity index (χ3v) is 26.8. The number of fused-ring (bicyclic) bond motifs is 7. The summed E-state index contributed by atoms with van der Waals surface area (Å²) < 4.78 is 79.1. The molecule has 107 heavy (non-hydrogen) atoms. The number of nitrogens with one attached hydrogen (secondary N) is 1. The number of para-hydroxylation sites is 1. The van der Waals surface area contributed by atoms with Crippen LogP contribution in [0.5, 0.6) is 0 Å². The summed E-state index contributed by atoms with van der Waals surface area (Å²) in [4.78, 5) is 43.4. The number of hydrogen-bond donors (Lipinski definition) is 18. The standard InChI is InChI=1S/C73H112N2O32/c1-28-45(81)51(87)58(105-63-55(91)47(83)36(79)26-96-63)65(98-28)97-27-38-49(85)50(86)44(75-30(3)77)61(101-38)103-42-18-19-70(8)39(69(42,6)7)17-20-71(9)40(70)16-15-32-33-21-68(4,5)43(102-60(93)31-13-11-12-14-34(31)74)23-73(33,41(80)22-72(32,71)10)67(94)107-66-59(52(88)48(84)37(24-76)100-66)106-64-56(92)53(89)57(29(2)99-64)104-62-54(90)46(82)35(78)25-95-62/h11-15,28-29,33,35-59,61-66,76,78-92H,16-27,74H2,1-10H3,(H,75,77)/t28-,29+,33+,35-,36-,37-,38-,39+,40-,41-,42+,43+,44-,45+,46+,47+,48-,49-,50-,51+,52+,53+,54-,55-,56-,57+,58-,59-,61+,62+,63+,64+,65-,66+,70+,71-,72-,73-/m1/s1. The van der Waals surface area contributed by atoms with Crippen molar-refractivity contribution in [1.82, 2.24) is 5.32 Å². The average Bonchev–Trinajstić information content (AvgIpc) is 0.669. The first-order chi connectivity index (χ1) is 50.2. The smallest absolute Gasteiger partial charge is 0.340 e. The Morgan fingerprint density at radius 3 is 1.77 bits per heavy atom. The van der Waals surface area contributed by atoms with Crippen LogP contribution in [-0.2, 0) is 71.2 Å². The summed E-state index contributed by atoms with van der Waals surface area (Å²) in [5.41, 5.74) is 1.82. The number of amides is 1. The van der Waals surface area contributed by atoms with Gasteiger partial charge in [-0.25, -0.2) is 4.79 Å². The van der Waals surface area contributed by atoms with Crippen LogP contribution in [0.3, 0.4) is 0 Å². The van der Waals surface area contributed by atoms with E-state index in [1.165, 1.54) is 32.9 Å². The molecule has 11 aliphatic rings. The number of aliphatic hydroxyl groups excluding tert-OH is 16. The number of carbonyl (C=O) groups is 3. The van der Waals surface area contributed by atoms with E-state index in [9.17, 15) is 91.3 Å². The molecule has 0 aromatic heterocycles. The summed E-state index contributed by atoms with van der Waals surface area (Å²) in [6.07, 6.45) is -43.4. The van der Waals surface area contributed by atoms with Crippen LogP contribution in [0.15, 0.2) is 35.9 Å². The minimum absolute atomic E-state index is 0.0341. The quantitative estimate of drug-likeness (QED) is 0.0311. The van der Waals surface area contributed by atoms with Gasteiger partial charge in [-0.15, -0.1) is 0 Å².